The highest BCUT2D eigenvalue weighted by molar-refractivity contribution is 5.95. The van der Waals surface area contributed by atoms with E-state index >= 15 is 0 Å². The number of anilines is 1. The molecular weight excluding hydrogens is 523 g/mol. The SMILES string of the molecule is CC(C)(C)OC(=O)N1CCC(n2cc([C@]34CN(c5ccc(C#N)c6ncccc56)C[C@@]3(C(F)(F)F)C4)nn2)CC1. The van der Waals surface area contributed by atoms with Crippen molar-refractivity contribution in [2.45, 2.75) is 63.3 Å². The van der Waals surface area contributed by atoms with Crippen LogP contribution in [0, 0.1) is 16.7 Å². The Kier molecular flexibility index (Phi) is 5.80. The van der Waals surface area contributed by atoms with E-state index in [9.17, 15) is 23.2 Å². The average molecular weight is 554 g/mol. The number of carbonyl (C=O) groups excluding carboxylic acids is 1. The number of halogens is 3. The molecule has 3 fully saturated rings. The molecule has 2 aliphatic heterocycles. The zero-order valence-corrected chi connectivity index (χ0v) is 22.6. The Hall–Kier alpha value is -3.88. The number of amides is 1. The van der Waals surface area contributed by atoms with Gasteiger partial charge >= 0.3 is 12.3 Å². The summed E-state index contributed by atoms with van der Waals surface area (Å²) in [5.41, 5.74) is -1.89. The summed E-state index contributed by atoms with van der Waals surface area (Å²) >= 11 is 0. The maximum atomic E-state index is 14.7. The van der Waals surface area contributed by atoms with Gasteiger partial charge in [0.05, 0.1) is 33.6 Å². The molecule has 2 saturated heterocycles. The number of hydrogen-bond acceptors (Lipinski definition) is 7. The Balaban J connectivity index is 1.25. The third kappa shape index (κ3) is 4.05. The molecule has 2 atom stereocenters. The van der Waals surface area contributed by atoms with Crippen molar-refractivity contribution in [1.29, 1.82) is 5.26 Å². The molecule has 9 nitrogen and oxygen atoms in total. The molecular formula is C28H30F3N7O2. The Morgan fingerprint density at radius 2 is 1.90 bits per heavy atom. The summed E-state index contributed by atoms with van der Waals surface area (Å²) in [6, 6.07) is 8.87. The van der Waals surface area contributed by atoms with E-state index < -0.39 is 22.6 Å². The van der Waals surface area contributed by atoms with Crippen molar-refractivity contribution >= 4 is 22.7 Å². The largest absolute Gasteiger partial charge is 0.444 e. The minimum Gasteiger partial charge on any atom is -0.444 e. The number of rotatable bonds is 3. The molecule has 3 aliphatic rings. The summed E-state index contributed by atoms with van der Waals surface area (Å²) in [5.74, 6) is 0. The van der Waals surface area contributed by atoms with Gasteiger partial charge in [-0.15, -0.1) is 5.10 Å². The Labute approximate surface area is 229 Å². The Morgan fingerprint density at radius 1 is 1.15 bits per heavy atom. The standard InChI is InChI=1S/C28H30F3N7O2/c1-25(2,3)40-24(39)36-11-8-19(9-12-36)38-14-22(34-35-38)26-15-27(26,28(29,30)31)17-37(16-26)21-7-6-18(13-32)23-20(21)5-4-10-33-23/h4-7,10,14,19H,8-9,11-12,15-17H2,1-3H3/t26-,27-/m0/s1. The molecule has 1 amide bonds. The Bertz CT molecular complexity index is 1520. The summed E-state index contributed by atoms with van der Waals surface area (Å²) in [6.07, 6.45) is -0.375. The lowest BCUT2D eigenvalue weighted by atomic mass is 9.93. The summed E-state index contributed by atoms with van der Waals surface area (Å²) < 4.78 is 51.1. The number of pyridine rings is 1. The van der Waals surface area contributed by atoms with Gasteiger partial charge in [0.25, 0.3) is 0 Å². The molecule has 1 aromatic carbocycles. The van der Waals surface area contributed by atoms with Crippen molar-refractivity contribution < 1.29 is 22.7 Å². The average Bonchev–Trinajstić information content (AvgIpc) is 3.21. The molecule has 0 unspecified atom stereocenters. The van der Waals surface area contributed by atoms with Gasteiger partial charge in [0.15, 0.2) is 0 Å². The number of hydrogen-bond donors (Lipinski definition) is 0. The number of likely N-dealkylation sites (tertiary alicyclic amines) is 1. The van der Waals surface area contributed by atoms with Crippen LogP contribution in [0.1, 0.15) is 57.3 Å². The molecule has 6 rings (SSSR count). The molecule has 210 valence electrons. The maximum Gasteiger partial charge on any atom is 0.410 e. The van der Waals surface area contributed by atoms with Crippen LogP contribution in [0.2, 0.25) is 0 Å². The predicted molar refractivity (Wildman–Crippen MR) is 140 cm³/mol. The number of piperidine rings is 2. The van der Waals surface area contributed by atoms with Crippen LogP contribution in [-0.2, 0) is 10.2 Å². The van der Waals surface area contributed by atoms with E-state index in [1.54, 1.807) is 51.1 Å². The summed E-state index contributed by atoms with van der Waals surface area (Å²) in [7, 11) is 0. The molecule has 0 N–H and O–H groups in total. The predicted octanol–water partition coefficient (Wildman–Crippen LogP) is 4.98. The van der Waals surface area contributed by atoms with Gasteiger partial charge in [-0.05, 0) is 64.3 Å². The molecule has 12 heteroatoms. The number of benzene rings is 1. The van der Waals surface area contributed by atoms with E-state index in [1.165, 1.54) is 0 Å². The lowest BCUT2D eigenvalue weighted by Crippen LogP contribution is -2.42. The lowest BCUT2D eigenvalue weighted by Gasteiger charge is -2.33. The first kappa shape index (κ1) is 26.3. The Morgan fingerprint density at radius 3 is 2.58 bits per heavy atom. The smallest absolute Gasteiger partial charge is 0.410 e. The zero-order chi connectivity index (χ0) is 28.5. The van der Waals surface area contributed by atoms with Crippen LogP contribution in [0.4, 0.5) is 23.7 Å². The molecule has 1 aliphatic carbocycles. The summed E-state index contributed by atoms with van der Waals surface area (Å²) in [6.45, 7) is 6.33. The normalized spacial score (nSPS) is 25.1. The van der Waals surface area contributed by atoms with Crippen molar-refractivity contribution in [2.24, 2.45) is 5.41 Å². The van der Waals surface area contributed by atoms with Gasteiger partial charge in [-0.1, -0.05) is 5.21 Å². The fourth-order valence-corrected chi connectivity index (χ4v) is 6.48. The zero-order valence-electron chi connectivity index (χ0n) is 22.6. The van der Waals surface area contributed by atoms with E-state index in [0.717, 1.165) is 0 Å². The van der Waals surface area contributed by atoms with Crippen molar-refractivity contribution in [3.05, 3.63) is 47.9 Å². The first-order chi connectivity index (χ1) is 18.9. The van der Waals surface area contributed by atoms with E-state index in [4.69, 9.17) is 4.74 Å². The van der Waals surface area contributed by atoms with Gasteiger partial charge in [0, 0.05) is 49.6 Å². The molecule has 0 spiro atoms. The third-order valence-corrected chi connectivity index (χ3v) is 8.56. The first-order valence-electron chi connectivity index (χ1n) is 13.4. The molecule has 3 aromatic rings. The van der Waals surface area contributed by atoms with Gasteiger partial charge in [0.1, 0.15) is 11.7 Å². The van der Waals surface area contributed by atoms with Crippen molar-refractivity contribution in [2.75, 3.05) is 31.1 Å². The third-order valence-electron chi connectivity index (χ3n) is 8.56. The van der Waals surface area contributed by atoms with Crippen molar-refractivity contribution in [3.8, 4) is 6.07 Å². The van der Waals surface area contributed by atoms with E-state index in [2.05, 4.69) is 21.4 Å². The number of ether oxygens (including phenoxy) is 1. The highest BCUT2D eigenvalue weighted by Crippen LogP contribution is 2.75. The second-order valence-corrected chi connectivity index (χ2v) is 12.1. The van der Waals surface area contributed by atoms with Crippen molar-refractivity contribution in [3.63, 3.8) is 0 Å². The molecule has 1 saturated carbocycles. The highest BCUT2D eigenvalue weighted by atomic mass is 19.4. The molecule has 40 heavy (non-hydrogen) atoms. The second-order valence-electron chi connectivity index (χ2n) is 12.1. The molecule has 2 aromatic heterocycles. The van der Waals surface area contributed by atoms with E-state index in [-0.39, 0.29) is 31.6 Å². The van der Waals surface area contributed by atoms with E-state index in [0.29, 0.717) is 53.8 Å². The van der Waals surface area contributed by atoms with Crippen LogP contribution >= 0.6 is 0 Å². The highest BCUT2D eigenvalue weighted by Gasteiger charge is 2.84. The number of aromatic nitrogens is 4. The molecule has 0 bridgehead atoms. The molecule has 4 heterocycles. The fourth-order valence-electron chi connectivity index (χ4n) is 6.48. The molecule has 0 radical (unpaired) electrons. The fraction of sp³-hybridized carbons (Fsp3) is 0.536. The van der Waals surface area contributed by atoms with Gasteiger partial charge in [-0.2, -0.15) is 18.4 Å². The van der Waals surface area contributed by atoms with Crippen LogP contribution in [0.3, 0.4) is 0 Å². The second kappa shape index (κ2) is 8.81. The van der Waals surface area contributed by atoms with Gasteiger partial charge in [-0.25, -0.2) is 9.48 Å². The van der Waals surface area contributed by atoms with Crippen LogP contribution < -0.4 is 4.90 Å². The number of fused-ring (bicyclic) bond motifs is 2. The van der Waals surface area contributed by atoms with E-state index in [1.807, 2.05) is 20.8 Å². The summed E-state index contributed by atoms with van der Waals surface area (Å²) in [4.78, 5) is 20.1. The number of carbonyl (C=O) groups is 1. The summed E-state index contributed by atoms with van der Waals surface area (Å²) in [5, 5.41) is 18.7. The van der Waals surface area contributed by atoms with Crippen LogP contribution in [0.25, 0.3) is 10.9 Å². The number of alkyl halides is 3. The first-order valence-corrected chi connectivity index (χ1v) is 13.4. The van der Waals surface area contributed by atoms with Crippen LogP contribution in [0.15, 0.2) is 36.7 Å². The number of nitriles is 1. The minimum atomic E-state index is -4.43. The van der Waals surface area contributed by atoms with Gasteiger partial charge in [0.2, 0.25) is 0 Å². The topological polar surface area (TPSA) is 100 Å². The minimum absolute atomic E-state index is 0.0394. The van der Waals surface area contributed by atoms with Gasteiger partial charge < -0.3 is 14.5 Å². The van der Waals surface area contributed by atoms with Crippen LogP contribution in [-0.4, -0.2) is 68.9 Å². The number of nitrogens with zero attached hydrogens (tertiary/aromatic N) is 7. The maximum absolute atomic E-state index is 14.7. The van der Waals surface area contributed by atoms with Crippen LogP contribution in [0.5, 0.6) is 0 Å². The van der Waals surface area contributed by atoms with Gasteiger partial charge in [-0.3, -0.25) is 4.98 Å². The monoisotopic (exact) mass is 553 g/mol. The quantitative estimate of drug-likeness (QED) is 0.451. The van der Waals surface area contributed by atoms with Crippen molar-refractivity contribution in [1.82, 2.24) is 24.9 Å². The lowest BCUT2D eigenvalue weighted by molar-refractivity contribution is -0.186.